The van der Waals surface area contributed by atoms with Gasteiger partial charge in [-0.05, 0) is 43.3 Å². The first-order valence-corrected chi connectivity index (χ1v) is 11.3. The van der Waals surface area contributed by atoms with E-state index in [4.69, 9.17) is 16.6 Å². The molecule has 0 saturated carbocycles. The minimum atomic E-state index is -0.129. The summed E-state index contributed by atoms with van der Waals surface area (Å²) in [6, 6.07) is 15.5. The molecule has 3 heterocycles. The number of carbonyl (C=O) groups excluding carboxylic acids is 1. The first-order chi connectivity index (χ1) is 15.1. The summed E-state index contributed by atoms with van der Waals surface area (Å²) in [5, 5.41) is 6.21. The van der Waals surface area contributed by atoms with Crippen molar-refractivity contribution < 1.29 is 4.79 Å². The number of fused-ring (bicyclic) bond motifs is 1. The smallest absolute Gasteiger partial charge is 0.293 e. The van der Waals surface area contributed by atoms with Crippen LogP contribution in [0.1, 0.15) is 21.5 Å². The minimum Gasteiger partial charge on any atom is -0.333 e. The van der Waals surface area contributed by atoms with Crippen LogP contribution < -0.4 is 0 Å². The number of para-hydroxylation sites is 1. The fraction of sp³-hybridized carbons (Fsp3) is 0.273. The van der Waals surface area contributed by atoms with E-state index in [9.17, 15) is 4.79 Å². The van der Waals surface area contributed by atoms with Crippen LogP contribution in [0.25, 0.3) is 15.9 Å². The number of thiazole rings is 1. The molecular formula is C22H21ClN6OS. The van der Waals surface area contributed by atoms with Crippen molar-refractivity contribution >= 4 is 39.1 Å². The number of halogens is 1. The van der Waals surface area contributed by atoms with E-state index >= 15 is 0 Å². The molecule has 1 aliphatic rings. The van der Waals surface area contributed by atoms with E-state index in [1.807, 2.05) is 42.2 Å². The van der Waals surface area contributed by atoms with Crippen LogP contribution in [0.15, 0.2) is 48.5 Å². The summed E-state index contributed by atoms with van der Waals surface area (Å²) < 4.78 is 2.89. The molecule has 7 nitrogen and oxygen atoms in total. The van der Waals surface area contributed by atoms with E-state index in [0.717, 1.165) is 35.8 Å². The van der Waals surface area contributed by atoms with Gasteiger partial charge in [0.15, 0.2) is 0 Å². The quantitative estimate of drug-likeness (QED) is 0.471. The molecule has 2 aromatic carbocycles. The Morgan fingerprint density at radius 3 is 2.52 bits per heavy atom. The molecule has 0 radical (unpaired) electrons. The minimum absolute atomic E-state index is 0.129. The molecule has 9 heteroatoms. The van der Waals surface area contributed by atoms with E-state index < -0.39 is 0 Å². The number of aryl methyl sites for hydroxylation is 1. The van der Waals surface area contributed by atoms with Crippen LogP contribution in [0.3, 0.4) is 0 Å². The van der Waals surface area contributed by atoms with Crippen molar-refractivity contribution in [3.63, 3.8) is 0 Å². The first-order valence-electron chi connectivity index (χ1n) is 10.1. The Hall–Kier alpha value is -2.81. The van der Waals surface area contributed by atoms with Crippen LogP contribution in [0.5, 0.6) is 0 Å². The third-order valence-electron chi connectivity index (χ3n) is 5.39. The highest BCUT2D eigenvalue weighted by molar-refractivity contribution is 7.18. The Morgan fingerprint density at radius 2 is 1.77 bits per heavy atom. The molecule has 0 N–H and O–H groups in total. The maximum Gasteiger partial charge on any atom is 0.293 e. The molecular weight excluding hydrogens is 432 g/mol. The van der Waals surface area contributed by atoms with Gasteiger partial charge in [-0.25, -0.2) is 14.6 Å². The van der Waals surface area contributed by atoms with E-state index in [0.29, 0.717) is 23.9 Å². The van der Waals surface area contributed by atoms with Crippen molar-refractivity contribution in [3.8, 4) is 5.69 Å². The third kappa shape index (κ3) is 4.19. The fourth-order valence-corrected chi connectivity index (χ4v) is 4.87. The molecule has 4 aromatic rings. The van der Waals surface area contributed by atoms with Crippen molar-refractivity contribution in [3.05, 3.63) is 70.2 Å². The number of amides is 1. The Labute approximate surface area is 188 Å². The lowest BCUT2D eigenvalue weighted by Crippen LogP contribution is -2.48. The fourth-order valence-electron chi connectivity index (χ4n) is 3.74. The van der Waals surface area contributed by atoms with E-state index in [1.165, 1.54) is 4.70 Å². The number of nitrogens with zero attached hydrogens (tertiary/aromatic N) is 6. The highest BCUT2D eigenvalue weighted by Crippen LogP contribution is 2.23. The molecule has 1 amide bonds. The standard InChI is InChI=1S/C22H21ClN6OS/c1-15-24-21(26-29(15)17-8-6-16(23)7-9-17)22(30)28-12-10-27(11-13-28)14-20-25-18-4-2-3-5-19(18)31-20/h2-9H,10-14H2,1H3. The zero-order valence-corrected chi connectivity index (χ0v) is 18.6. The van der Waals surface area contributed by atoms with Crippen molar-refractivity contribution in [2.75, 3.05) is 26.2 Å². The molecule has 158 valence electrons. The average Bonchev–Trinajstić information content (AvgIpc) is 3.37. The number of rotatable bonds is 4. The zero-order valence-electron chi connectivity index (χ0n) is 17.0. The number of carbonyl (C=O) groups is 1. The normalized spacial score (nSPS) is 15.0. The van der Waals surface area contributed by atoms with Gasteiger partial charge in [-0.15, -0.1) is 16.4 Å². The molecule has 0 unspecified atom stereocenters. The molecule has 0 atom stereocenters. The Bertz CT molecular complexity index is 1190. The lowest BCUT2D eigenvalue weighted by molar-refractivity contribution is 0.0616. The second-order valence-electron chi connectivity index (χ2n) is 7.51. The molecule has 0 aliphatic carbocycles. The van der Waals surface area contributed by atoms with Gasteiger partial charge in [-0.1, -0.05) is 23.7 Å². The van der Waals surface area contributed by atoms with E-state index in [1.54, 1.807) is 28.2 Å². The van der Waals surface area contributed by atoms with Crippen molar-refractivity contribution in [2.45, 2.75) is 13.5 Å². The van der Waals surface area contributed by atoms with Gasteiger partial charge in [-0.2, -0.15) is 0 Å². The molecule has 2 aromatic heterocycles. The summed E-state index contributed by atoms with van der Waals surface area (Å²) in [6.07, 6.45) is 0. The van der Waals surface area contributed by atoms with Crippen molar-refractivity contribution in [1.82, 2.24) is 29.5 Å². The topological polar surface area (TPSA) is 67.2 Å². The molecule has 31 heavy (non-hydrogen) atoms. The predicted molar refractivity (Wildman–Crippen MR) is 122 cm³/mol. The van der Waals surface area contributed by atoms with Gasteiger partial charge >= 0.3 is 0 Å². The summed E-state index contributed by atoms with van der Waals surface area (Å²) in [5.41, 5.74) is 1.88. The molecule has 1 fully saturated rings. The maximum atomic E-state index is 13.0. The van der Waals surface area contributed by atoms with Crippen molar-refractivity contribution in [2.24, 2.45) is 0 Å². The number of aromatic nitrogens is 4. The van der Waals surface area contributed by atoms with Crippen LogP contribution in [0, 0.1) is 6.92 Å². The second kappa shape index (κ2) is 8.37. The highest BCUT2D eigenvalue weighted by Gasteiger charge is 2.26. The van der Waals surface area contributed by atoms with Crippen LogP contribution in [0.4, 0.5) is 0 Å². The Morgan fingerprint density at radius 1 is 1.03 bits per heavy atom. The van der Waals surface area contributed by atoms with E-state index in [-0.39, 0.29) is 11.7 Å². The largest absolute Gasteiger partial charge is 0.333 e. The van der Waals surface area contributed by atoms with Gasteiger partial charge in [0, 0.05) is 31.2 Å². The summed E-state index contributed by atoms with van der Waals surface area (Å²) in [4.78, 5) is 26.3. The summed E-state index contributed by atoms with van der Waals surface area (Å²) >= 11 is 7.70. The van der Waals surface area contributed by atoms with Crippen LogP contribution in [0.2, 0.25) is 5.02 Å². The molecule has 0 bridgehead atoms. The van der Waals surface area contributed by atoms with Gasteiger partial charge in [0.2, 0.25) is 5.82 Å². The van der Waals surface area contributed by atoms with Gasteiger partial charge in [0.25, 0.3) is 5.91 Å². The zero-order chi connectivity index (χ0) is 21.4. The molecule has 1 saturated heterocycles. The van der Waals surface area contributed by atoms with Crippen molar-refractivity contribution in [1.29, 1.82) is 0 Å². The third-order valence-corrected chi connectivity index (χ3v) is 6.66. The number of piperazine rings is 1. The summed E-state index contributed by atoms with van der Waals surface area (Å²) in [5.74, 6) is 0.766. The lowest BCUT2D eigenvalue weighted by Gasteiger charge is -2.33. The first kappa shape index (κ1) is 20.1. The van der Waals surface area contributed by atoms with Gasteiger partial charge in [0.1, 0.15) is 10.8 Å². The summed E-state index contributed by atoms with van der Waals surface area (Å²) in [6.45, 7) is 5.56. The summed E-state index contributed by atoms with van der Waals surface area (Å²) in [7, 11) is 0. The molecule has 5 rings (SSSR count). The average molecular weight is 453 g/mol. The van der Waals surface area contributed by atoms with Gasteiger partial charge in [0.05, 0.1) is 22.4 Å². The Kier molecular flexibility index (Phi) is 5.43. The molecule has 1 aliphatic heterocycles. The second-order valence-corrected chi connectivity index (χ2v) is 9.07. The number of hydrogen-bond donors (Lipinski definition) is 0. The number of benzene rings is 2. The molecule has 0 spiro atoms. The van der Waals surface area contributed by atoms with Crippen LogP contribution in [-0.2, 0) is 6.54 Å². The SMILES string of the molecule is Cc1nc(C(=O)N2CCN(Cc3nc4ccccc4s3)CC2)nn1-c1ccc(Cl)cc1. The Balaban J connectivity index is 1.23. The number of hydrogen-bond acceptors (Lipinski definition) is 6. The van der Waals surface area contributed by atoms with Gasteiger partial charge < -0.3 is 4.90 Å². The van der Waals surface area contributed by atoms with Crippen LogP contribution >= 0.6 is 22.9 Å². The highest BCUT2D eigenvalue weighted by atomic mass is 35.5. The lowest BCUT2D eigenvalue weighted by atomic mass is 10.3. The van der Waals surface area contributed by atoms with Crippen LogP contribution in [-0.4, -0.2) is 61.6 Å². The monoisotopic (exact) mass is 452 g/mol. The predicted octanol–water partition coefficient (Wildman–Crippen LogP) is 3.80. The van der Waals surface area contributed by atoms with E-state index in [2.05, 4.69) is 21.0 Å². The maximum absolute atomic E-state index is 13.0. The van der Waals surface area contributed by atoms with Gasteiger partial charge in [-0.3, -0.25) is 9.69 Å².